The number of nitrogens with zero attached hydrogens (tertiary/aromatic N) is 1. The topological polar surface area (TPSA) is 67.0 Å². The second kappa shape index (κ2) is 6.08. The summed E-state index contributed by atoms with van der Waals surface area (Å²) in [5, 5.41) is 10.4. The van der Waals surface area contributed by atoms with Crippen molar-refractivity contribution in [1.82, 2.24) is 10.2 Å². The highest BCUT2D eigenvalue weighted by Crippen LogP contribution is 2.21. The number of anilines is 1. The third kappa shape index (κ3) is 3.31. The van der Waals surface area contributed by atoms with Gasteiger partial charge in [-0.25, -0.2) is 4.39 Å². The molecule has 0 saturated heterocycles. The predicted molar refractivity (Wildman–Crippen MR) is 86.2 cm³/mol. The largest absolute Gasteiger partial charge is 0.488 e. The summed E-state index contributed by atoms with van der Waals surface area (Å²) in [5.74, 6) is -0.815. The number of aromatic amines is 1. The lowest BCUT2D eigenvalue weighted by molar-refractivity contribution is 0.102. The minimum absolute atomic E-state index is 0.134. The normalized spacial score (nSPS) is 11.0. The molecule has 1 amide bonds. The van der Waals surface area contributed by atoms with Gasteiger partial charge >= 0.3 is 0 Å². The van der Waals surface area contributed by atoms with Crippen LogP contribution in [0, 0.1) is 5.82 Å². The number of halogens is 1. The van der Waals surface area contributed by atoms with Crippen molar-refractivity contribution >= 4 is 22.5 Å². The summed E-state index contributed by atoms with van der Waals surface area (Å²) in [7, 11) is 0. The van der Waals surface area contributed by atoms with Gasteiger partial charge in [-0.3, -0.25) is 9.89 Å². The zero-order valence-electron chi connectivity index (χ0n) is 12.8. The van der Waals surface area contributed by atoms with Crippen LogP contribution in [-0.2, 0) is 0 Å². The maximum Gasteiger partial charge on any atom is 0.255 e. The molecule has 0 saturated carbocycles. The first kappa shape index (κ1) is 15.0. The highest BCUT2D eigenvalue weighted by atomic mass is 19.1. The van der Waals surface area contributed by atoms with Crippen LogP contribution in [0.4, 0.5) is 10.1 Å². The summed E-state index contributed by atoms with van der Waals surface area (Å²) in [6, 6.07) is 9.54. The Morgan fingerprint density at radius 3 is 2.83 bits per heavy atom. The van der Waals surface area contributed by atoms with E-state index in [2.05, 4.69) is 15.5 Å². The zero-order chi connectivity index (χ0) is 16.4. The molecule has 1 aromatic heterocycles. The lowest BCUT2D eigenvalue weighted by Crippen LogP contribution is -2.13. The van der Waals surface area contributed by atoms with Gasteiger partial charge in [-0.05, 0) is 50.2 Å². The molecule has 3 aromatic rings. The smallest absolute Gasteiger partial charge is 0.255 e. The van der Waals surface area contributed by atoms with E-state index in [0.29, 0.717) is 5.69 Å². The van der Waals surface area contributed by atoms with Gasteiger partial charge in [0.05, 0.1) is 17.8 Å². The number of nitrogens with one attached hydrogen (secondary N) is 2. The van der Waals surface area contributed by atoms with Crippen LogP contribution in [-0.4, -0.2) is 22.2 Å². The van der Waals surface area contributed by atoms with E-state index in [9.17, 15) is 9.18 Å². The number of hydrogen-bond donors (Lipinski definition) is 2. The maximum atomic E-state index is 14.0. The SMILES string of the molecule is CC(C)Oc1ccc(C(=O)Nc2ccc3cn[nH]c3c2)cc1F. The number of carbonyl (C=O) groups excluding carboxylic acids is 1. The van der Waals surface area contributed by atoms with Gasteiger partial charge in [0.2, 0.25) is 0 Å². The Bertz CT molecular complexity index is 858. The molecule has 1 heterocycles. The van der Waals surface area contributed by atoms with E-state index in [1.165, 1.54) is 18.2 Å². The van der Waals surface area contributed by atoms with Crippen LogP contribution in [0.3, 0.4) is 0 Å². The summed E-state index contributed by atoms with van der Waals surface area (Å²) in [6.45, 7) is 3.62. The zero-order valence-corrected chi connectivity index (χ0v) is 12.8. The summed E-state index contributed by atoms with van der Waals surface area (Å²) in [4.78, 5) is 12.2. The average Bonchev–Trinajstić information content (AvgIpc) is 2.96. The van der Waals surface area contributed by atoms with Crippen LogP contribution < -0.4 is 10.1 Å². The Morgan fingerprint density at radius 2 is 2.09 bits per heavy atom. The number of carbonyl (C=O) groups is 1. The fraction of sp³-hybridized carbons (Fsp3) is 0.176. The number of H-pyrrole nitrogens is 1. The molecule has 0 aliphatic rings. The molecular weight excluding hydrogens is 297 g/mol. The molecule has 2 N–H and O–H groups in total. The number of fused-ring (bicyclic) bond motifs is 1. The van der Waals surface area contributed by atoms with Gasteiger partial charge in [0.25, 0.3) is 5.91 Å². The minimum atomic E-state index is -0.560. The van der Waals surface area contributed by atoms with Crippen molar-refractivity contribution in [2.45, 2.75) is 20.0 Å². The third-order valence-corrected chi connectivity index (χ3v) is 3.26. The lowest BCUT2D eigenvalue weighted by Gasteiger charge is -2.11. The van der Waals surface area contributed by atoms with Crippen molar-refractivity contribution in [1.29, 1.82) is 0 Å². The molecule has 0 atom stereocenters. The molecule has 2 aromatic carbocycles. The molecule has 0 spiro atoms. The van der Waals surface area contributed by atoms with E-state index in [4.69, 9.17) is 4.74 Å². The first-order valence-electron chi connectivity index (χ1n) is 7.23. The van der Waals surface area contributed by atoms with Crippen LogP contribution in [0.15, 0.2) is 42.6 Å². The van der Waals surface area contributed by atoms with Crippen molar-refractivity contribution in [3.05, 3.63) is 54.0 Å². The van der Waals surface area contributed by atoms with Gasteiger partial charge in [-0.1, -0.05) is 0 Å². The summed E-state index contributed by atoms with van der Waals surface area (Å²) in [5.41, 5.74) is 1.65. The van der Waals surface area contributed by atoms with Crippen molar-refractivity contribution in [3.63, 3.8) is 0 Å². The molecule has 0 aliphatic heterocycles. The van der Waals surface area contributed by atoms with E-state index in [1.54, 1.807) is 18.3 Å². The van der Waals surface area contributed by atoms with Crippen LogP contribution >= 0.6 is 0 Å². The molecule has 3 rings (SSSR count). The second-order valence-electron chi connectivity index (χ2n) is 5.44. The Kier molecular flexibility index (Phi) is 3.97. The molecule has 118 valence electrons. The number of rotatable bonds is 4. The maximum absolute atomic E-state index is 14.0. The molecule has 0 radical (unpaired) electrons. The molecule has 0 aliphatic carbocycles. The van der Waals surface area contributed by atoms with Crippen molar-refractivity contribution in [2.75, 3.05) is 5.32 Å². The molecule has 0 fully saturated rings. The molecule has 0 unspecified atom stereocenters. The van der Waals surface area contributed by atoms with E-state index >= 15 is 0 Å². The molecule has 23 heavy (non-hydrogen) atoms. The number of hydrogen-bond acceptors (Lipinski definition) is 3. The third-order valence-electron chi connectivity index (χ3n) is 3.26. The lowest BCUT2D eigenvalue weighted by atomic mass is 10.1. The number of benzene rings is 2. The number of aromatic nitrogens is 2. The summed E-state index contributed by atoms with van der Waals surface area (Å²) in [6.07, 6.45) is 1.56. The van der Waals surface area contributed by atoms with Gasteiger partial charge < -0.3 is 10.1 Å². The highest BCUT2D eigenvalue weighted by Gasteiger charge is 2.12. The molecule has 5 nitrogen and oxygen atoms in total. The van der Waals surface area contributed by atoms with Crippen LogP contribution in [0.1, 0.15) is 24.2 Å². The van der Waals surface area contributed by atoms with Gasteiger partial charge in [-0.2, -0.15) is 5.10 Å². The average molecular weight is 313 g/mol. The van der Waals surface area contributed by atoms with Gasteiger partial charge in [0, 0.05) is 16.6 Å². The minimum Gasteiger partial charge on any atom is -0.488 e. The summed E-state index contributed by atoms with van der Waals surface area (Å²) < 4.78 is 19.3. The number of amides is 1. The first-order valence-corrected chi connectivity index (χ1v) is 7.23. The van der Waals surface area contributed by atoms with E-state index in [0.717, 1.165) is 10.9 Å². The van der Waals surface area contributed by atoms with Crippen molar-refractivity contribution < 1.29 is 13.9 Å². The second-order valence-corrected chi connectivity index (χ2v) is 5.44. The van der Waals surface area contributed by atoms with Crippen LogP contribution in [0.5, 0.6) is 5.75 Å². The predicted octanol–water partition coefficient (Wildman–Crippen LogP) is 3.74. The van der Waals surface area contributed by atoms with Gasteiger partial charge in [0.15, 0.2) is 11.6 Å². The Morgan fingerprint density at radius 1 is 1.26 bits per heavy atom. The van der Waals surface area contributed by atoms with Gasteiger partial charge in [0.1, 0.15) is 0 Å². The van der Waals surface area contributed by atoms with Crippen molar-refractivity contribution in [2.24, 2.45) is 0 Å². The first-order chi connectivity index (χ1) is 11.0. The van der Waals surface area contributed by atoms with E-state index < -0.39 is 5.82 Å². The summed E-state index contributed by atoms with van der Waals surface area (Å²) >= 11 is 0. The Balaban J connectivity index is 1.78. The fourth-order valence-electron chi connectivity index (χ4n) is 2.21. The van der Waals surface area contributed by atoms with E-state index in [1.807, 2.05) is 19.9 Å². The molecular formula is C17H16FN3O2. The molecule has 0 bridgehead atoms. The van der Waals surface area contributed by atoms with Crippen molar-refractivity contribution in [3.8, 4) is 5.75 Å². The van der Waals surface area contributed by atoms with Crippen LogP contribution in [0.2, 0.25) is 0 Å². The standard InChI is InChI=1S/C17H16FN3O2/c1-10(2)23-16-6-4-11(7-14(16)18)17(22)20-13-5-3-12-9-19-21-15(12)8-13/h3-10H,1-2H3,(H,19,21)(H,20,22). The fourth-order valence-corrected chi connectivity index (χ4v) is 2.21. The Labute approximate surface area is 132 Å². The molecule has 6 heteroatoms. The van der Waals surface area contributed by atoms with Crippen LogP contribution in [0.25, 0.3) is 10.9 Å². The van der Waals surface area contributed by atoms with Gasteiger partial charge in [-0.15, -0.1) is 0 Å². The number of ether oxygens (including phenoxy) is 1. The highest BCUT2D eigenvalue weighted by molar-refractivity contribution is 6.05. The Hall–Kier alpha value is -2.89. The monoisotopic (exact) mass is 313 g/mol. The van der Waals surface area contributed by atoms with E-state index in [-0.39, 0.29) is 23.3 Å². The quantitative estimate of drug-likeness (QED) is 0.771.